The highest BCUT2D eigenvalue weighted by Crippen LogP contribution is 2.47. The van der Waals surface area contributed by atoms with Gasteiger partial charge >= 0.3 is 5.97 Å². The van der Waals surface area contributed by atoms with Crippen molar-refractivity contribution in [3.05, 3.63) is 0 Å². The fourth-order valence-electron chi connectivity index (χ4n) is 2.00. The van der Waals surface area contributed by atoms with Crippen molar-refractivity contribution in [2.75, 3.05) is 26.2 Å². The summed E-state index contributed by atoms with van der Waals surface area (Å²) >= 11 is 0. The topological polar surface area (TPSA) is 69.6 Å². The van der Waals surface area contributed by atoms with E-state index in [0.717, 1.165) is 19.5 Å². The second-order valence-corrected chi connectivity index (χ2v) is 4.28. The highest BCUT2D eigenvalue weighted by atomic mass is 16.4. The Morgan fingerprint density at radius 2 is 1.93 bits per heavy atom. The Hall–Kier alpha value is -1.10. The first-order valence-electron chi connectivity index (χ1n) is 5.40. The molecule has 1 aliphatic heterocycles. The molecule has 2 aliphatic rings. The molecule has 0 aromatic rings. The van der Waals surface area contributed by atoms with Crippen molar-refractivity contribution in [2.45, 2.75) is 19.3 Å². The zero-order valence-corrected chi connectivity index (χ0v) is 8.66. The largest absolute Gasteiger partial charge is 0.480 e. The molecule has 1 aliphatic carbocycles. The van der Waals surface area contributed by atoms with Crippen molar-refractivity contribution in [1.82, 2.24) is 10.2 Å². The summed E-state index contributed by atoms with van der Waals surface area (Å²) in [6.45, 7) is 2.99. The van der Waals surface area contributed by atoms with Gasteiger partial charge in [0.1, 0.15) is 5.41 Å². The van der Waals surface area contributed by atoms with Gasteiger partial charge in [-0.1, -0.05) is 0 Å². The molecule has 15 heavy (non-hydrogen) atoms. The van der Waals surface area contributed by atoms with Crippen molar-refractivity contribution in [3.8, 4) is 0 Å². The molecule has 1 saturated carbocycles. The normalized spacial score (nSPS) is 24.4. The van der Waals surface area contributed by atoms with E-state index in [2.05, 4.69) is 5.32 Å². The van der Waals surface area contributed by atoms with Gasteiger partial charge < -0.3 is 15.3 Å². The van der Waals surface area contributed by atoms with Crippen molar-refractivity contribution in [3.63, 3.8) is 0 Å². The van der Waals surface area contributed by atoms with Crippen molar-refractivity contribution < 1.29 is 14.7 Å². The van der Waals surface area contributed by atoms with Gasteiger partial charge in [-0.15, -0.1) is 0 Å². The molecule has 2 N–H and O–H groups in total. The molecule has 1 amide bonds. The lowest BCUT2D eigenvalue weighted by Crippen LogP contribution is -2.42. The monoisotopic (exact) mass is 212 g/mol. The van der Waals surface area contributed by atoms with Crippen LogP contribution in [-0.2, 0) is 9.59 Å². The van der Waals surface area contributed by atoms with Gasteiger partial charge in [0.2, 0.25) is 5.91 Å². The molecule has 0 atom stereocenters. The molecule has 2 rings (SSSR count). The van der Waals surface area contributed by atoms with Crippen LogP contribution < -0.4 is 5.32 Å². The Labute approximate surface area is 88.4 Å². The van der Waals surface area contributed by atoms with Crippen LogP contribution in [0.3, 0.4) is 0 Å². The average molecular weight is 212 g/mol. The maximum absolute atomic E-state index is 12.0. The number of carbonyl (C=O) groups excluding carboxylic acids is 1. The molecule has 5 heteroatoms. The lowest BCUT2D eigenvalue weighted by molar-refractivity contribution is -0.153. The molecule has 0 aromatic carbocycles. The number of nitrogens with one attached hydrogen (secondary N) is 1. The number of aliphatic carboxylic acids is 1. The van der Waals surface area contributed by atoms with Gasteiger partial charge in [-0.2, -0.15) is 0 Å². The fourth-order valence-corrected chi connectivity index (χ4v) is 2.00. The van der Waals surface area contributed by atoms with Crippen molar-refractivity contribution >= 4 is 11.9 Å². The summed E-state index contributed by atoms with van der Waals surface area (Å²) < 4.78 is 0. The zero-order valence-electron chi connectivity index (χ0n) is 8.66. The third-order valence-corrected chi connectivity index (χ3v) is 3.20. The van der Waals surface area contributed by atoms with E-state index >= 15 is 0 Å². The number of carboxylic acid groups (broad SMARTS) is 1. The second-order valence-electron chi connectivity index (χ2n) is 4.28. The number of amides is 1. The van der Waals surface area contributed by atoms with E-state index in [1.165, 1.54) is 0 Å². The van der Waals surface area contributed by atoms with E-state index < -0.39 is 11.4 Å². The Kier molecular flexibility index (Phi) is 2.65. The summed E-state index contributed by atoms with van der Waals surface area (Å²) in [6, 6.07) is 0. The van der Waals surface area contributed by atoms with Crippen molar-refractivity contribution in [2.24, 2.45) is 5.41 Å². The van der Waals surface area contributed by atoms with Gasteiger partial charge in [-0.05, 0) is 25.8 Å². The third kappa shape index (κ3) is 1.84. The number of carbonyl (C=O) groups is 2. The smallest absolute Gasteiger partial charge is 0.319 e. The predicted molar refractivity (Wildman–Crippen MR) is 53.4 cm³/mol. The third-order valence-electron chi connectivity index (χ3n) is 3.20. The van der Waals surface area contributed by atoms with Gasteiger partial charge in [-0.3, -0.25) is 9.59 Å². The number of hydrogen-bond donors (Lipinski definition) is 2. The fraction of sp³-hybridized carbons (Fsp3) is 0.800. The number of hydrogen-bond acceptors (Lipinski definition) is 3. The minimum Gasteiger partial charge on any atom is -0.480 e. The van der Waals surface area contributed by atoms with Gasteiger partial charge in [-0.25, -0.2) is 0 Å². The lowest BCUT2D eigenvalue weighted by Gasteiger charge is -2.23. The Balaban J connectivity index is 2.03. The molecule has 0 radical (unpaired) electrons. The van der Waals surface area contributed by atoms with E-state index in [0.29, 0.717) is 25.9 Å². The Morgan fingerprint density at radius 1 is 1.20 bits per heavy atom. The standard InChI is InChI=1S/C10H16N2O3/c13-8(10(2-3-10)9(14)15)12-6-1-4-11-5-7-12/h11H,1-7H2,(H,14,15). The predicted octanol–water partition coefficient (Wildman–Crippen LogP) is -0.327. The SMILES string of the molecule is O=C(O)C1(C(=O)N2CCCNCC2)CC1. The molecular weight excluding hydrogens is 196 g/mol. The summed E-state index contributed by atoms with van der Waals surface area (Å²) in [4.78, 5) is 24.7. The van der Waals surface area contributed by atoms with Crippen LogP contribution in [0.15, 0.2) is 0 Å². The zero-order chi connectivity index (χ0) is 10.9. The van der Waals surface area contributed by atoms with Crippen LogP contribution in [0, 0.1) is 5.41 Å². The van der Waals surface area contributed by atoms with Gasteiger partial charge in [0.25, 0.3) is 0 Å². The van der Waals surface area contributed by atoms with E-state index in [1.807, 2.05) is 0 Å². The molecule has 1 saturated heterocycles. The molecule has 84 valence electrons. The van der Waals surface area contributed by atoms with Gasteiger partial charge in [0.05, 0.1) is 0 Å². The number of rotatable bonds is 2. The highest BCUT2D eigenvalue weighted by molar-refractivity contribution is 6.04. The van der Waals surface area contributed by atoms with E-state index in [-0.39, 0.29) is 5.91 Å². The Bertz CT molecular complexity index is 278. The van der Waals surface area contributed by atoms with Crippen LogP contribution in [0.1, 0.15) is 19.3 Å². The molecule has 0 bridgehead atoms. The summed E-state index contributed by atoms with van der Waals surface area (Å²) in [5, 5.41) is 12.2. The molecule has 2 fully saturated rings. The first kappa shape index (κ1) is 10.4. The number of carboxylic acids is 1. The van der Waals surface area contributed by atoms with Crippen LogP contribution in [0.25, 0.3) is 0 Å². The highest BCUT2D eigenvalue weighted by Gasteiger charge is 2.58. The molecule has 0 spiro atoms. The molecule has 5 nitrogen and oxygen atoms in total. The van der Waals surface area contributed by atoms with Crippen LogP contribution in [0.5, 0.6) is 0 Å². The first-order valence-corrected chi connectivity index (χ1v) is 5.40. The van der Waals surface area contributed by atoms with Crippen LogP contribution in [-0.4, -0.2) is 48.1 Å². The summed E-state index contributed by atoms with van der Waals surface area (Å²) in [6.07, 6.45) is 1.91. The van der Waals surface area contributed by atoms with Crippen LogP contribution in [0.2, 0.25) is 0 Å². The Morgan fingerprint density at radius 3 is 2.53 bits per heavy atom. The van der Waals surface area contributed by atoms with Gasteiger partial charge in [0, 0.05) is 19.6 Å². The molecule has 1 heterocycles. The first-order chi connectivity index (χ1) is 7.17. The van der Waals surface area contributed by atoms with E-state index in [1.54, 1.807) is 4.90 Å². The van der Waals surface area contributed by atoms with Crippen molar-refractivity contribution in [1.29, 1.82) is 0 Å². The summed E-state index contributed by atoms with van der Waals surface area (Å²) in [7, 11) is 0. The van der Waals surface area contributed by atoms with Crippen LogP contribution >= 0.6 is 0 Å². The number of nitrogens with zero attached hydrogens (tertiary/aromatic N) is 1. The van der Waals surface area contributed by atoms with Crippen LogP contribution in [0.4, 0.5) is 0 Å². The maximum Gasteiger partial charge on any atom is 0.319 e. The lowest BCUT2D eigenvalue weighted by atomic mass is 10.1. The summed E-state index contributed by atoms with van der Waals surface area (Å²) in [5.41, 5.74) is -1.07. The quantitative estimate of drug-likeness (QED) is 0.615. The van der Waals surface area contributed by atoms with E-state index in [4.69, 9.17) is 5.11 Å². The maximum atomic E-state index is 12.0. The summed E-state index contributed by atoms with van der Waals surface area (Å²) in [5.74, 6) is -1.14. The molecule has 0 aromatic heterocycles. The second kappa shape index (κ2) is 3.81. The minimum atomic E-state index is -1.07. The average Bonchev–Trinajstić information content (AvgIpc) is 3.03. The molecule has 0 unspecified atom stereocenters. The van der Waals surface area contributed by atoms with Gasteiger partial charge in [0.15, 0.2) is 0 Å². The van der Waals surface area contributed by atoms with E-state index in [9.17, 15) is 9.59 Å². The molecular formula is C10H16N2O3. The minimum absolute atomic E-state index is 0.182.